The van der Waals surface area contributed by atoms with E-state index in [9.17, 15) is 10.1 Å². The number of hydrogen-bond donors (Lipinski definition) is 0. The summed E-state index contributed by atoms with van der Waals surface area (Å²) in [6.45, 7) is 3.59. The van der Waals surface area contributed by atoms with Crippen molar-refractivity contribution in [1.82, 2.24) is 14.8 Å². The molecule has 24 heavy (non-hydrogen) atoms. The number of rotatable bonds is 5. The molecule has 1 fully saturated rings. The molecule has 8 nitrogen and oxygen atoms in total. The van der Waals surface area contributed by atoms with Gasteiger partial charge in [-0.1, -0.05) is 17.7 Å². The number of fused-ring (bicyclic) bond motifs is 1. The van der Waals surface area contributed by atoms with Gasteiger partial charge in [-0.05, 0) is 18.6 Å². The summed E-state index contributed by atoms with van der Waals surface area (Å²) in [5.41, 5.74) is 0.0529. The summed E-state index contributed by atoms with van der Waals surface area (Å²) in [6.07, 6.45) is 0.911. The van der Waals surface area contributed by atoms with Crippen molar-refractivity contribution >= 4 is 11.6 Å². The minimum Gasteiger partial charge on any atom is -0.365 e. The Morgan fingerprint density at radius 1 is 1.46 bits per heavy atom. The monoisotopic (exact) mass is 354 g/mol. The fraction of sp³-hybridized carbons (Fsp3) is 0.533. The minimum atomic E-state index is -0.903. The number of pyridine rings is 1. The highest BCUT2D eigenvalue weighted by Crippen LogP contribution is 2.44. The number of aromatic nitrogens is 1. The Morgan fingerprint density at radius 3 is 2.75 bits per heavy atom. The Kier molecular flexibility index (Phi) is 4.37. The lowest BCUT2D eigenvalue weighted by atomic mass is 10.1. The molecule has 0 aliphatic carbocycles. The van der Waals surface area contributed by atoms with Crippen LogP contribution in [0.3, 0.4) is 0 Å². The van der Waals surface area contributed by atoms with Crippen LogP contribution in [0.2, 0.25) is 5.15 Å². The number of hydrogen-bond acceptors (Lipinski definition) is 7. The van der Waals surface area contributed by atoms with E-state index in [1.165, 1.54) is 14.2 Å². The van der Waals surface area contributed by atoms with Crippen LogP contribution in [0.25, 0.3) is 0 Å². The van der Waals surface area contributed by atoms with Crippen LogP contribution >= 0.6 is 11.6 Å². The van der Waals surface area contributed by atoms with Crippen LogP contribution in [-0.2, 0) is 16.0 Å². The summed E-state index contributed by atoms with van der Waals surface area (Å²) in [7, 11) is 3.00. The minimum absolute atomic E-state index is 0.0290. The van der Waals surface area contributed by atoms with Gasteiger partial charge in [-0.3, -0.25) is 10.1 Å². The third-order valence-corrected chi connectivity index (χ3v) is 4.88. The van der Waals surface area contributed by atoms with Gasteiger partial charge in [0.1, 0.15) is 5.15 Å². The van der Waals surface area contributed by atoms with Crippen molar-refractivity contribution in [3.05, 3.63) is 50.7 Å². The average Bonchev–Trinajstić information content (AvgIpc) is 3.07. The lowest BCUT2D eigenvalue weighted by Gasteiger charge is -2.36. The molecule has 130 valence electrons. The van der Waals surface area contributed by atoms with Crippen molar-refractivity contribution in [3.63, 3.8) is 0 Å². The predicted octanol–water partition coefficient (Wildman–Crippen LogP) is 1.69. The summed E-state index contributed by atoms with van der Waals surface area (Å²) < 4.78 is 11.0. The topological polar surface area (TPSA) is 81.0 Å². The van der Waals surface area contributed by atoms with E-state index in [4.69, 9.17) is 21.1 Å². The third-order valence-electron chi connectivity index (χ3n) is 4.66. The molecule has 0 amide bonds. The summed E-state index contributed by atoms with van der Waals surface area (Å²) >= 11 is 5.81. The first-order chi connectivity index (χ1) is 11.4. The van der Waals surface area contributed by atoms with Gasteiger partial charge in [0.25, 0.3) is 0 Å². The first kappa shape index (κ1) is 16.9. The Hall–Kier alpha value is -1.90. The molecule has 2 aliphatic rings. The molecular formula is C15H19ClN4O4. The van der Waals surface area contributed by atoms with Crippen LogP contribution < -0.4 is 0 Å². The van der Waals surface area contributed by atoms with Gasteiger partial charge in [-0.2, -0.15) is 0 Å². The summed E-state index contributed by atoms with van der Waals surface area (Å²) in [6, 6.07) is 3.57. The Labute approximate surface area is 144 Å². The quantitative estimate of drug-likeness (QED) is 0.452. The largest absolute Gasteiger partial charge is 0.365 e. The van der Waals surface area contributed by atoms with Crippen molar-refractivity contribution in [2.75, 3.05) is 27.3 Å². The Bertz CT molecular complexity index is 681. The molecule has 0 N–H and O–H groups in total. The average molecular weight is 355 g/mol. The lowest BCUT2D eigenvalue weighted by molar-refractivity contribution is -0.440. The van der Waals surface area contributed by atoms with E-state index in [-0.39, 0.29) is 10.6 Å². The molecule has 1 saturated heterocycles. The molecule has 2 unspecified atom stereocenters. The van der Waals surface area contributed by atoms with Crippen LogP contribution in [0.5, 0.6) is 0 Å². The van der Waals surface area contributed by atoms with Crippen LogP contribution in [0.15, 0.2) is 29.8 Å². The SMILES string of the molecule is COC1C([N+](=O)[O-])=C2N(Cc3ccc(Cl)nc3)CCN2C1(C)OC. The zero-order valence-corrected chi connectivity index (χ0v) is 14.5. The molecule has 3 rings (SSSR count). The van der Waals surface area contributed by atoms with Crippen LogP contribution in [-0.4, -0.2) is 58.8 Å². The van der Waals surface area contributed by atoms with Gasteiger partial charge in [0, 0.05) is 40.1 Å². The van der Waals surface area contributed by atoms with Crippen molar-refractivity contribution in [3.8, 4) is 0 Å². The molecule has 1 aromatic heterocycles. The van der Waals surface area contributed by atoms with E-state index in [1.807, 2.05) is 22.8 Å². The molecule has 0 spiro atoms. The lowest BCUT2D eigenvalue weighted by Crippen LogP contribution is -2.51. The second-order valence-corrected chi connectivity index (χ2v) is 6.29. The van der Waals surface area contributed by atoms with Crippen molar-refractivity contribution in [1.29, 1.82) is 0 Å². The third kappa shape index (κ3) is 2.51. The number of nitrogens with zero attached hydrogens (tertiary/aromatic N) is 4. The van der Waals surface area contributed by atoms with Crippen LogP contribution in [0.4, 0.5) is 0 Å². The van der Waals surface area contributed by atoms with Gasteiger partial charge >= 0.3 is 5.70 Å². The number of nitro groups is 1. The maximum atomic E-state index is 11.7. The normalized spacial score (nSPS) is 26.2. The van der Waals surface area contributed by atoms with Gasteiger partial charge in [-0.25, -0.2) is 4.98 Å². The van der Waals surface area contributed by atoms with E-state index in [1.54, 1.807) is 12.3 Å². The fourth-order valence-corrected chi connectivity index (χ4v) is 3.56. The molecule has 0 aromatic carbocycles. The van der Waals surface area contributed by atoms with E-state index in [2.05, 4.69) is 4.98 Å². The first-order valence-electron chi connectivity index (χ1n) is 7.52. The molecule has 2 atom stereocenters. The second kappa shape index (κ2) is 6.19. The van der Waals surface area contributed by atoms with Gasteiger partial charge < -0.3 is 19.3 Å². The van der Waals surface area contributed by atoms with Crippen LogP contribution in [0, 0.1) is 10.1 Å². The van der Waals surface area contributed by atoms with E-state index in [0.29, 0.717) is 30.6 Å². The standard InChI is InChI=1S/C15H19ClN4O4/c1-15(24-3)13(23-2)12(20(21)22)14-18(6-7-19(14)15)9-10-4-5-11(16)17-8-10/h4-5,8,13H,6-7,9H2,1-3H3. The first-order valence-corrected chi connectivity index (χ1v) is 7.89. The Balaban J connectivity index is 1.98. The Morgan fingerprint density at radius 2 is 2.21 bits per heavy atom. The molecule has 9 heteroatoms. The van der Waals surface area contributed by atoms with Crippen molar-refractivity contribution in [2.24, 2.45) is 0 Å². The molecule has 0 saturated carbocycles. The van der Waals surface area contributed by atoms with Gasteiger partial charge in [0.15, 0.2) is 17.6 Å². The molecule has 0 radical (unpaired) electrons. The fourth-order valence-electron chi connectivity index (χ4n) is 3.45. The van der Waals surface area contributed by atoms with Crippen LogP contribution in [0.1, 0.15) is 12.5 Å². The highest BCUT2D eigenvalue weighted by Gasteiger charge is 2.60. The maximum absolute atomic E-state index is 11.7. The van der Waals surface area contributed by atoms with Gasteiger partial charge in [0.05, 0.1) is 4.92 Å². The number of methoxy groups -OCH3 is 2. The molecule has 0 bridgehead atoms. The maximum Gasteiger partial charge on any atom is 0.319 e. The highest BCUT2D eigenvalue weighted by atomic mass is 35.5. The molecule has 2 aliphatic heterocycles. The van der Waals surface area contributed by atoms with Gasteiger partial charge in [0.2, 0.25) is 0 Å². The second-order valence-electron chi connectivity index (χ2n) is 5.90. The van der Waals surface area contributed by atoms with E-state index in [0.717, 1.165) is 5.56 Å². The van der Waals surface area contributed by atoms with E-state index >= 15 is 0 Å². The predicted molar refractivity (Wildman–Crippen MR) is 86.6 cm³/mol. The molecular weight excluding hydrogens is 336 g/mol. The van der Waals surface area contributed by atoms with Gasteiger partial charge in [-0.15, -0.1) is 0 Å². The highest BCUT2D eigenvalue weighted by molar-refractivity contribution is 6.29. The van der Waals surface area contributed by atoms with E-state index < -0.39 is 11.8 Å². The van der Waals surface area contributed by atoms with Crippen molar-refractivity contribution < 1.29 is 14.4 Å². The van der Waals surface area contributed by atoms with Crippen molar-refractivity contribution in [2.45, 2.75) is 25.3 Å². The zero-order valence-electron chi connectivity index (χ0n) is 13.7. The molecule has 3 heterocycles. The zero-order chi connectivity index (χ0) is 17.5. The molecule has 1 aromatic rings. The summed E-state index contributed by atoms with van der Waals surface area (Å²) in [5.74, 6) is 0.547. The summed E-state index contributed by atoms with van der Waals surface area (Å²) in [5, 5.41) is 12.1. The number of ether oxygens (including phenoxy) is 2. The smallest absolute Gasteiger partial charge is 0.319 e. The number of halogens is 1. The summed E-state index contributed by atoms with van der Waals surface area (Å²) in [4.78, 5) is 19.2.